The number of anilines is 2. The van der Waals surface area contributed by atoms with Gasteiger partial charge in [-0.1, -0.05) is 31.2 Å². The number of carbonyl (C=O) groups is 1. The number of halogens is 1. The lowest BCUT2D eigenvalue weighted by molar-refractivity contribution is -0.139. The Morgan fingerprint density at radius 1 is 1.21 bits per heavy atom. The number of aromatic nitrogens is 3. The van der Waals surface area contributed by atoms with Crippen LogP contribution in [0, 0.1) is 12.7 Å². The van der Waals surface area contributed by atoms with E-state index in [1.807, 2.05) is 13.8 Å². The number of benzene rings is 1. The molecule has 3 rings (SSSR count). The fraction of sp³-hybridized carbons (Fsp3) is 0.333. The summed E-state index contributed by atoms with van der Waals surface area (Å²) in [7, 11) is 0. The molecule has 0 radical (unpaired) electrons. The Morgan fingerprint density at radius 2 is 1.91 bits per heavy atom. The summed E-state index contributed by atoms with van der Waals surface area (Å²) in [5.41, 5.74) is 2.39. The van der Waals surface area contributed by atoms with E-state index >= 15 is 0 Å². The molecule has 0 bridgehead atoms. The van der Waals surface area contributed by atoms with E-state index in [1.54, 1.807) is 31.2 Å². The first-order valence-corrected chi connectivity index (χ1v) is 10.8. The molecule has 0 amide bonds. The van der Waals surface area contributed by atoms with Crippen molar-refractivity contribution >= 4 is 23.8 Å². The van der Waals surface area contributed by atoms with Gasteiger partial charge in [-0.15, -0.1) is 0 Å². The quantitative estimate of drug-likeness (QED) is 0.345. The van der Waals surface area contributed by atoms with Crippen LogP contribution in [0.4, 0.5) is 16.2 Å². The Bertz CT molecular complexity index is 1160. The van der Waals surface area contributed by atoms with E-state index in [0.29, 0.717) is 34.1 Å². The number of nitrogens with one attached hydrogen (secondary N) is 1. The second kappa shape index (κ2) is 11.0. The van der Waals surface area contributed by atoms with Crippen molar-refractivity contribution in [1.82, 2.24) is 15.1 Å². The van der Waals surface area contributed by atoms with Crippen LogP contribution in [-0.2, 0) is 4.79 Å². The van der Waals surface area contributed by atoms with E-state index < -0.39 is 30.4 Å². The van der Waals surface area contributed by atoms with Gasteiger partial charge in [-0.25, -0.2) is 14.4 Å². The summed E-state index contributed by atoms with van der Waals surface area (Å²) in [6, 6.07) is 7.53. The summed E-state index contributed by atoms with van der Waals surface area (Å²) in [4.78, 5) is 20.0. The summed E-state index contributed by atoms with van der Waals surface area (Å²) < 4.78 is 18.6. The zero-order valence-corrected chi connectivity index (χ0v) is 19.1. The van der Waals surface area contributed by atoms with Crippen molar-refractivity contribution in [1.29, 1.82) is 0 Å². The van der Waals surface area contributed by atoms with E-state index in [9.17, 15) is 19.4 Å². The highest BCUT2D eigenvalue weighted by molar-refractivity contribution is 5.75. The smallest absolute Gasteiger partial charge is 0.305 e. The molecule has 10 heteroatoms. The number of aryl methyl sites for hydroxylation is 1. The van der Waals surface area contributed by atoms with Gasteiger partial charge in [0.25, 0.3) is 0 Å². The lowest BCUT2D eigenvalue weighted by Gasteiger charge is -2.17. The van der Waals surface area contributed by atoms with Crippen molar-refractivity contribution in [3.8, 4) is 11.3 Å². The minimum absolute atomic E-state index is 0.0452. The van der Waals surface area contributed by atoms with E-state index in [2.05, 4.69) is 20.4 Å². The van der Waals surface area contributed by atoms with E-state index in [-0.39, 0.29) is 18.3 Å². The molecule has 3 aromatic rings. The van der Waals surface area contributed by atoms with Crippen LogP contribution in [-0.4, -0.2) is 48.6 Å². The maximum Gasteiger partial charge on any atom is 0.305 e. The summed E-state index contributed by atoms with van der Waals surface area (Å²) in [5.74, 6) is -0.268. The molecule has 0 aliphatic heterocycles. The van der Waals surface area contributed by atoms with E-state index in [0.717, 1.165) is 0 Å². The standard InChI is InChI=1S/C24H27FN4O5/c1-13(2)22-19(9-8-17(30)11-18(31)12-21(32)33)23(15-4-6-16(25)7-5-15)28-24(27-22)26-20-10-14(3)34-29-20/h4-10,13,17-18,30-31H,11-12H2,1-3H3,(H,32,33)(H,26,27,28,29)/t17-,18-/m1/s1. The van der Waals surface area contributed by atoms with Crippen molar-refractivity contribution in [3.63, 3.8) is 0 Å². The van der Waals surface area contributed by atoms with Gasteiger partial charge in [-0.05, 0) is 37.1 Å². The van der Waals surface area contributed by atoms with Gasteiger partial charge in [0.05, 0.1) is 30.0 Å². The van der Waals surface area contributed by atoms with Gasteiger partial charge >= 0.3 is 5.97 Å². The predicted molar refractivity (Wildman–Crippen MR) is 124 cm³/mol. The number of rotatable bonds is 10. The maximum atomic E-state index is 13.6. The van der Waals surface area contributed by atoms with Gasteiger partial charge in [-0.2, -0.15) is 0 Å². The molecule has 4 N–H and O–H groups in total. The van der Waals surface area contributed by atoms with Gasteiger partial charge in [0.2, 0.25) is 5.95 Å². The van der Waals surface area contributed by atoms with Gasteiger partial charge < -0.3 is 25.2 Å². The van der Waals surface area contributed by atoms with E-state index in [1.165, 1.54) is 18.2 Å². The number of nitrogens with zero attached hydrogens (tertiary/aromatic N) is 3. The summed E-state index contributed by atoms with van der Waals surface area (Å²) in [6.07, 6.45) is 0.205. The molecule has 0 aliphatic carbocycles. The maximum absolute atomic E-state index is 13.6. The molecule has 2 atom stereocenters. The largest absolute Gasteiger partial charge is 0.481 e. The Morgan fingerprint density at radius 3 is 2.50 bits per heavy atom. The molecule has 0 fully saturated rings. The van der Waals surface area contributed by atoms with Crippen LogP contribution in [0.15, 0.2) is 40.9 Å². The fourth-order valence-corrected chi connectivity index (χ4v) is 3.36. The number of aliphatic hydroxyl groups excluding tert-OH is 2. The van der Waals surface area contributed by atoms with Crippen molar-refractivity contribution < 1.29 is 29.0 Å². The lowest BCUT2D eigenvalue weighted by Crippen LogP contribution is -2.19. The fourth-order valence-electron chi connectivity index (χ4n) is 3.36. The van der Waals surface area contributed by atoms with Crippen molar-refractivity contribution in [2.45, 2.75) is 51.7 Å². The second-order valence-corrected chi connectivity index (χ2v) is 8.22. The van der Waals surface area contributed by atoms with E-state index in [4.69, 9.17) is 9.63 Å². The monoisotopic (exact) mass is 470 g/mol. The second-order valence-electron chi connectivity index (χ2n) is 8.22. The third kappa shape index (κ3) is 6.69. The van der Waals surface area contributed by atoms with Crippen LogP contribution < -0.4 is 5.32 Å². The molecule has 0 unspecified atom stereocenters. The molecule has 2 aromatic heterocycles. The molecule has 1 aromatic carbocycles. The average molecular weight is 471 g/mol. The first-order valence-electron chi connectivity index (χ1n) is 10.8. The SMILES string of the molecule is Cc1cc(Nc2nc(-c3ccc(F)cc3)c(C=C[C@@H](O)C[C@@H](O)CC(=O)O)c(C(C)C)n2)no1. The van der Waals surface area contributed by atoms with Crippen molar-refractivity contribution in [2.75, 3.05) is 5.32 Å². The molecule has 9 nitrogen and oxygen atoms in total. The molecule has 2 heterocycles. The normalized spacial score (nSPS) is 13.4. The summed E-state index contributed by atoms with van der Waals surface area (Å²) >= 11 is 0. The topological polar surface area (TPSA) is 142 Å². The minimum atomic E-state index is -1.19. The van der Waals surface area contributed by atoms with Crippen LogP contribution in [0.5, 0.6) is 0 Å². The minimum Gasteiger partial charge on any atom is -0.481 e. The number of aliphatic hydroxyl groups is 2. The molecule has 0 spiro atoms. The zero-order chi connectivity index (χ0) is 24.8. The van der Waals surface area contributed by atoms with Gasteiger partial charge in [0.1, 0.15) is 11.6 Å². The predicted octanol–water partition coefficient (Wildman–Crippen LogP) is 4.05. The molecule has 180 valence electrons. The molecule has 34 heavy (non-hydrogen) atoms. The van der Waals surface area contributed by atoms with Crippen molar-refractivity contribution in [3.05, 3.63) is 59.2 Å². The van der Waals surface area contributed by atoms with Crippen LogP contribution in [0.1, 0.15) is 49.6 Å². The Balaban J connectivity index is 2.03. The third-order valence-electron chi connectivity index (χ3n) is 4.92. The van der Waals surface area contributed by atoms with Gasteiger partial charge in [-0.3, -0.25) is 4.79 Å². The highest BCUT2D eigenvalue weighted by atomic mass is 19.1. The van der Waals surface area contributed by atoms with Crippen LogP contribution >= 0.6 is 0 Å². The molecule has 0 saturated heterocycles. The van der Waals surface area contributed by atoms with Gasteiger partial charge in [0.15, 0.2) is 5.82 Å². The Kier molecular flexibility index (Phi) is 8.08. The average Bonchev–Trinajstić information content (AvgIpc) is 3.16. The summed E-state index contributed by atoms with van der Waals surface area (Å²) in [5, 5.41) is 35.8. The van der Waals surface area contributed by atoms with Crippen molar-refractivity contribution in [2.24, 2.45) is 0 Å². The molecular weight excluding hydrogens is 443 g/mol. The number of aliphatic carboxylic acids is 1. The first kappa shape index (κ1) is 25.0. The summed E-state index contributed by atoms with van der Waals surface area (Å²) in [6.45, 7) is 5.66. The van der Waals surface area contributed by atoms with Crippen LogP contribution in [0.3, 0.4) is 0 Å². The lowest BCUT2D eigenvalue weighted by atomic mass is 9.97. The van der Waals surface area contributed by atoms with Crippen LogP contribution in [0.25, 0.3) is 17.3 Å². The van der Waals surface area contributed by atoms with Gasteiger partial charge in [0, 0.05) is 23.6 Å². The highest BCUT2D eigenvalue weighted by Crippen LogP contribution is 2.31. The Labute approximate surface area is 196 Å². The highest BCUT2D eigenvalue weighted by Gasteiger charge is 2.19. The third-order valence-corrected chi connectivity index (χ3v) is 4.92. The first-order chi connectivity index (χ1) is 16.1. The molecular formula is C24H27FN4O5. The Hall–Kier alpha value is -3.63. The molecule has 0 saturated carbocycles. The number of carboxylic acid groups (broad SMARTS) is 1. The zero-order valence-electron chi connectivity index (χ0n) is 19.1. The molecule has 0 aliphatic rings. The van der Waals surface area contributed by atoms with Crippen LogP contribution in [0.2, 0.25) is 0 Å². The number of carboxylic acids is 1. The number of hydrogen-bond acceptors (Lipinski definition) is 8. The number of hydrogen-bond donors (Lipinski definition) is 4.